The number of nitrogens with one attached hydrogen (secondary N) is 1. The lowest BCUT2D eigenvalue weighted by molar-refractivity contribution is -0.385. The Bertz CT molecular complexity index is 1650. The molecule has 0 aliphatic carbocycles. The number of hydrogen-bond donors (Lipinski definition) is 1. The molecule has 200 valence electrons. The fourth-order valence-corrected chi connectivity index (χ4v) is 4.11. The number of carbonyl (C=O) groups is 1. The molecule has 0 spiro atoms. The van der Waals surface area contributed by atoms with E-state index < -0.39 is 23.1 Å². The van der Waals surface area contributed by atoms with Crippen LogP contribution >= 0.6 is 15.9 Å². The zero-order valence-corrected chi connectivity index (χ0v) is 22.9. The summed E-state index contributed by atoms with van der Waals surface area (Å²) in [7, 11) is 1.32. The molecule has 0 atom stereocenters. The Balaban J connectivity index is 1.63. The number of aromatic nitrogens is 2. The van der Waals surface area contributed by atoms with Crippen molar-refractivity contribution in [1.29, 1.82) is 0 Å². The van der Waals surface area contributed by atoms with Crippen LogP contribution in [0.1, 0.15) is 23.9 Å². The summed E-state index contributed by atoms with van der Waals surface area (Å²) in [6.07, 6.45) is 1.73. The Kier molecular flexibility index (Phi) is 8.35. The molecule has 11 nitrogen and oxygen atoms in total. The molecule has 1 aromatic heterocycles. The first-order valence-corrected chi connectivity index (χ1v) is 12.6. The van der Waals surface area contributed by atoms with Crippen LogP contribution in [0.4, 0.5) is 11.4 Å². The number of benzene rings is 3. The van der Waals surface area contributed by atoms with Gasteiger partial charge in [-0.15, -0.1) is 0 Å². The highest BCUT2D eigenvalue weighted by molar-refractivity contribution is 9.10. The second-order valence-corrected chi connectivity index (χ2v) is 9.35. The number of fused-ring (bicyclic) bond motifs is 1. The van der Waals surface area contributed by atoms with Gasteiger partial charge in [0.2, 0.25) is 5.75 Å². The summed E-state index contributed by atoms with van der Waals surface area (Å²) in [6, 6.07) is 15.0. The van der Waals surface area contributed by atoms with Crippen LogP contribution in [0.3, 0.4) is 0 Å². The van der Waals surface area contributed by atoms with Gasteiger partial charge in [0.25, 0.3) is 11.5 Å². The van der Waals surface area contributed by atoms with Gasteiger partial charge in [0.1, 0.15) is 5.82 Å². The molecule has 0 saturated carbocycles. The van der Waals surface area contributed by atoms with E-state index in [9.17, 15) is 19.7 Å². The number of anilines is 1. The molecule has 1 N–H and O–H groups in total. The van der Waals surface area contributed by atoms with Gasteiger partial charge < -0.3 is 14.8 Å². The quantitative estimate of drug-likeness (QED) is 0.166. The van der Waals surface area contributed by atoms with Crippen molar-refractivity contribution in [3.8, 4) is 11.5 Å². The SMILES string of the molecule is CCc1nc2ccc(Br)cc2c(=O)n1N=Cc1cc(OC)c(OCC(=O)Nc2ccc(C)cc2)c([N+](=O)[O-])c1. The van der Waals surface area contributed by atoms with Crippen molar-refractivity contribution in [2.45, 2.75) is 20.3 Å². The number of ether oxygens (including phenoxy) is 2. The second kappa shape index (κ2) is 11.9. The summed E-state index contributed by atoms with van der Waals surface area (Å²) in [6.45, 7) is 3.28. The number of rotatable bonds is 9. The highest BCUT2D eigenvalue weighted by atomic mass is 79.9. The molecular weight excluding hydrogens is 570 g/mol. The molecule has 4 rings (SSSR count). The Morgan fingerprint density at radius 2 is 1.95 bits per heavy atom. The van der Waals surface area contributed by atoms with E-state index in [2.05, 4.69) is 31.3 Å². The first-order chi connectivity index (χ1) is 18.7. The topological polar surface area (TPSA) is 138 Å². The molecule has 0 fully saturated rings. The number of amides is 1. The number of hydrogen-bond acceptors (Lipinski definition) is 8. The lowest BCUT2D eigenvalue weighted by atomic mass is 10.2. The molecule has 1 amide bonds. The maximum Gasteiger partial charge on any atom is 0.315 e. The zero-order valence-electron chi connectivity index (χ0n) is 21.3. The van der Waals surface area contributed by atoms with E-state index in [1.54, 1.807) is 30.3 Å². The van der Waals surface area contributed by atoms with E-state index in [0.29, 0.717) is 28.8 Å². The van der Waals surface area contributed by atoms with Gasteiger partial charge in [-0.1, -0.05) is 40.5 Å². The van der Waals surface area contributed by atoms with Crippen molar-refractivity contribution in [3.63, 3.8) is 0 Å². The predicted molar refractivity (Wildman–Crippen MR) is 151 cm³/mol. The summed E-state index contributed by atoms with van der Waals surface area (Å²) in [5, 5.41) is 19.2. The molecule has 0 radical (unpaired) electrons. The fourth-order valence-electron chi connectivity index (χ4n) is 3.75. The minimum absolute atomic E-state index is 0.0254. The summed E-state index contributed by atoms with van der Waals surface area (Å²) < 4.78 is 12.7. The molecule has 0 unspecified atom stereocenters. The second-order valence-electron chi connectivity index (χ2n) is 8.44. The third kappa shape index (κ3) is 6.29. The Morgan fingerprint density at radius 3 is 2.62 bits per heavy atom. The average molecular weight is 594 g/mol. The van der Waals surface area contributed by atoms with Gasteiger partial charge in [0, 0.05) is 28.2 Å². The molecule has 1 heterocycles. The third-order valence-electron chi connectivity index (χ3n) is 5.67. The normalized spacial score (nSPS) is 11.1. The van der Waals surface area contributed by atoms with E-state index in [0.717, 1.165) is 14.7 Å². The van der Waals surface area contributed by atoms with Gasteiger partial charge in [-0.3, -0.25) is 19.7 Å². The number of nitrogens with zero attached hydrogens (tertiary/aromatic N) is 4. The van der Waals surface area contributed by atoms with Crippen LogP contribution in [-0.2, 0) is 11.2 Å². The summed E-state index contributed by atoms with van der Waals surface area (Å²) >= 11 is 3.36. The van der Waals surface area contributed by atoms with Gasteiger partial charge in [-0.25, -0.2) is 4.98 Å². The summed E-state index contributed by atoms with van der Waals surface area (Å²) in [5.41, 5.74) is 1.61. The largest absolute Gasteiger partial charge is 0.493 e. The van der Waals surface area contributed by atoms with E-state index in [-0.39, 0.29) is 22.6 Å². The average Bonchev–Trinajstić information content (AvgIpc) is 2.92. The maximum atomic E-state index is 13.1. The number of nitro benzene ring substituents is 1. The molecular formula is C27H24BrN5O6. The van der Waals surface area contributed by atoms with Crippen LogP contribution in [-0.4, -0.2) is 40.4 Å². The molecule has 0 bridgehead atoms. The Hall–Kier alpha value is -4.58. The van der Waals surface area contributed by atoms with Crippen molar-refractivity contribution in [2.24, 2.45) is 5.10 Å². The van der Waals surface area contributed by atoms with E-state index in [1.807, 2.05) is 26.0 Å². The first kappa shape index (κ1) is 27.5. The van der Waals surface area contributed by atoms with E-state index >= 15 is 0 Å². The highest BCUT2D eigenvalue weighted by Crippen LogP contribution is 2.38. The van der Waals surface area contributed by atoms with Crippen molar-refractivity contribution < 1.29 is 19.2 Å². The summed E-state index contributed by atoms with van der Waals surface area (Å²) in [5.74, 6) is -0.255. The van der Waals surface area contributed by atoms with Crippen molar-refractivity contribution >= 4 is 50.3 Å². The number of halogens is 1. The lowest BCUT2D eigenvalue weighted by Gasteiger charge is -2.12. The van der Waals surface area contributed by atoms with Crippen LogP contribution in [0.5, 0.6) is 11.5 Å². The van der Waals surface area contributed by atoms with Gasteiger partial charge >= 0.3 is 5.69 Å². The molecule has 39 heavy (non-hydrogen) atoms. The van der Waals surface area contributed by atoms with Crippen molar-refractivity contribution in [2.75, 3.05) is 19.0 Å². The lowest BCUT2D eigenvalue weighted by Crippen LogP contribution is -2.22. The first-order valence-electron chi connectivity index (χ1n) is 11.8. The van der Waals surface area contributed by atoms with Gasteiger partial charge in [-0.2, -0.15) is 9.78 Å². The monoisotopic (exact) mass is 593 g/mol. The van der Waals surface area contributed by atoms with Crippen LogP contribution < -0.4 is 20.3 Å². The third-order valence-corrected chi connectivity index (χ3v) is 6.16. The molecule has 0 aliphatic rings. The standard InChI is InChI=1S/C27H24BrN5O6/c1-4-24-31-21-10-7-18(28)13-20(21)27(35)32(24)29-14-17-11-22(33(36)37)26(23(12-17)38-3)39-15-25(34)30-19-8-5-16(2)6-9-19/h5-14H,4,15H2,1-3H3,(H,30,34). The van der Waals surface area contributed by atoms with Crippen LogP contribution in [0.2, 0.25) is 0 Å². The molecule has 4 aromatic rings. The molecule has 0 aliphatic heterocycles. The number of methoxy groups -OCH3 is 1. The van der Waals surface area contributed by atoms with E-state index in [1.165, 1.54) is 25.5 Å². The summed E-state index contributed by atoms with van der Waals surface area (Å²) in [4.78, 5) is 41.2. The van der Waals surface area contributed by atoms with Crippen molar-refractivity contribution in [1.82, 2.24) is 9.66 Å². The maximum absolute atomic E-state index is 13.1. The van der Waals surface area contributed by atoms with E-state index in [4.69, 9.17) is 9.47 Å². The zero-order chi connectivity index (χ0) is 28.1. The Labute approximate surface area is 231 Å². The smallest absolute Gasteiger partial charge is 0.315 e. The molecule has 12 heteroatoms. The number of carbonyl (C=O) groups excluding carboxylic acids is 1. The van der Waals surface area contributed by atoms with Crippen LogP contribution in [0.15, 0.2) is 69.0 Å². The number of nitro groups is 1. The number of aryl methyl sites for hydroxylation is 2. The Morgan fingerprint density at radius 1 is 1.21 bits per heavy atom. The van der Waals surface area contributed by atoms with Crippen LogP contribution in [0.25, 0.3) is 10.9 Å². The minimum Gasteiger partial charge on any atom is -0.493 e. The van der Waals surface area contributed by atoms with Crippen LogP contribution in [0, 0.1) is 17.0 Å². The molecule has 0 saturated heterocycles. The van der Waals surface area contributed by atoms with Crippen molar-refractivity contribution in [3.05, 3.63) is 96.5 Å². The van der Waals surface area contributed by atoms with Gasteiger partial charge in [0.05, 0.1) is 29.2 Å². The van der Waals surface area contributed by atoms with Gasteiger partial charge in [-0.05, 0) is 43.3 Å². The molecule has 3 aromatic carbocycles. The fraction of sp³-hybridized carbons (Fsp3) is 0.185. The highest BCUT2D eigenvalue weighted by Gasteiger charge is 2.23. The van der Waals surface area contributed by atoms with Gasteiger partial charge in [0.15, 0.2) is 12.4 Å². The predicted octanol–water partition coefficient (Wildman–Crippen LogP) is 4.85. The minimum atomic E-state index is -0.647.